The lowest BCUT2D eigenvalue weighted by atomic mass is 9.98. The molecule has 2 unspecified atom stereocenters. The Bertz CT molecular complexity index is 1640. The Labute approximate surface area is 308 Å². The largest absolute Gasteiger partial charge is 0.356 e. The Morgan fingerprint density at radius 3 is 0.760 bits per heavy atom. The van der Waals surface area contributed by atoms with Crippen molar-refractivity contribution in [3.63, 3.8) is 0 Å². The third-order valence-corrected chi connectivity index (χ3v) is 8.85. The van der Waals surface area contributed by atoms with Crippen LogP contribution < -0.4 is 21.3 Å². The predicted octanol–water partition coefficient (Wildman–Crippen LogP) is 10.0. The summed E-state index contributed by atoms with van der Waals surface area (Å²) in [4.78, 5) is 0. The van der Waals surface area contributed by atoms with Crippen molar-refractivity contribution < 1.29 is 0 Å². The lowest BCUT2D eigenvalue weighted by molar-refractivity contribution is 0.656. The molecule has 6 heteroatoms. The normalized spacial score (nSPS) is 11.8. The van der Waals surface area contributed by atoms with Gasteiger partial charge in [-0.15, -0.1) is 0 Å². The molecule has 0 amide bonds. The van der Waals surface area contributed by atoms with Gasteiger partial charge in [0.15, 0.2) is 10.2 Å². The highest BCUT2D eigenvalue weighted by Crippen LogP contribution is 2.24. The minimum atomic E-state index is -0.0282. The van der Waals surface area contributed by atoms with Crippen molar-refractivity contribution in [1.82, 2.24) is 21.3 Å². The Hall–Kier alpha value is -5.30. The highest BCUT2D eigenvalue weighted by molar-refractivity contribution is 7.80. The van der Waals surface area contributed by atoms with Gasteiger partial charge < -0.3 is 21.3 Å². The molecule has 0 spiro atoms. The molecular weight excluding hydrogens is 649 g/mol. The summed E-state index contributed by atoms with van der Waals surface area (Å²) in [6.45, 7) is 4.22. The fraction of sp³-hybridized carbons (Fsp3) is 0.136. The van der Waals surface area contributed by atoms with E-state index < -0.39 is 0 Å². The predicted molar refractivity (Wildman–Crippen MR) is 217 cm³/mol. The zero-order valence-corrected chi connectivity index (χ0v) is 30.1. The molecule has 4 nitrogen and oxygen atoms in total. The van der Waals surface area contributed by atoms with Crippen molar-refractivity contribution in [1.29, 1.82) is 0 Å². The number of hydrogen-bond acceptors (Lipinski definition) is 2. The molecule has 0 aliphatic rings. The summed E-state index contributed by atoms with van der Waals surface area (Å²) in [6, 6.07) is 62.5. The van der Waals surface area contributed by atoms with Crippen molar-refractivity contribution in [2.45, 2.75) is 38.0 Å². The molecule has 6 rings (SSSR count). The maximum absolute atomic E-state index is 5.78. The molecular formula is C44H44N4S2. The number of benzene rings is 6. The molecule has 0 bridgehead atoms. The van der Waals surface area contributed by atoms with Crippen LogP contribution in [0.25, 0.3) is 0 Å². The van der Waals surface area contributed by atoms with Gasteiger partial charge in [0.1, 0.15) is 0 Å². The van der Waals surface area contributed by atoms with Crippen molar-refractivity contribution in [2.75, 3.05) is 0 Å². The number of nitrogens with one attached hydrogen (secondary N) is 4. The minimum absolute atomic E-state index is 0.0282. The maximum Gasteiger partial charge on any atom is 0.167 e. The van der Waals surface area contributed by atoms with Crippen molar-refractivity contribution in [2.24, 2.45) is 0 Å². The Balaban J connectivity index is 0.000000211. The van der Waals surface area contributed by atoms with E-state index in [1.165, 1.54) is 33.4 Å². The first-order chi connectivity index (χ1) is 24.5. The number of thiocarbonyl (C=S) groups is 2. The van der Waals surface area contributed by atoms with Crippen LogP contribution in [-0.4, -0.2) is 10.2 Å². The molecule has 0 fully saturated rings. The van der Waals surface area contributed by atoms with Crippen LogP contribution in [0.2, 0.25) is 0 Å². The molecule has 2 atom stereocenters. The smallest absolute Gasteiger partial charge is 0.167 e. The molecule has 0 heterocycles. The number of hydrogen-bond donors (Lipinski definition) is 4. The lowest BCUT2D eigenvalue weighted by Gasteiger charge is -2.26. The van der Waals surface area contributed by atoms with Gasteiger partial charge in [0.2, 0.25) is 0 Å². The van der Waals surface area contributed by atoms with Gasteiger partial charge in [-0.05, 0) is 71.7 Å². The first kappa shape index (κ1) is 36.0. The van der Waals surface area contributed by atoms with Crippen LogP contribution in [0.3, 0.4) is 0 Å². The molecule has 6 aromatic rings. The average molecular weight is 693 g/mol. The van der Waals surface area contributed by atoms with Crippen LogP contribution in [0, 0.1) is 0 Å². The van der Waals surface area contributed by atoms with E-state index in [1.54, 1.807) is 0 Å². The van der Waals surface area contributed by atoms with Crippen LogP contribution >= 0.6 is 24.4 Å². The third kappa shape index (κ3) is 10.9. The molecule has 6 aromatic carbocycles. The van der Waals surface area contributed by atoms with E-state index in [4.69, 9.17) is 24.4 Å². The standard InChI is InChI=1S/C27H24N2S.C17H20N2S/c30-27(28-25(21-13-5-1-6-14-21)22-15-7-2-8-16-22)29-26(23-17-9-3-10-18-23)24-19-11-4-12-20-24;1-13(15-9-5-3-6-10-15)18-17(20)19-14(2)16-11-7-4-8-12-16/h1-20,25-26H,(H2,28,29,30);3-14H,1-2H3,(H2,18,19,20). The zero-order valence-electron chi connectivity index (χ0n) is 28.4. The third-order valence-electron chi connectivity index (χ3n) is 8.38. The van der Waals surface area contributed by atoms with Gasteiger partial charge in [0.25, 0.3) is 0 Å². The van der Waals surface area contributed by atoms with E-state index in [0.717, 1.165) is 0 Å². The van der Waals surface area contributed by atoms with E-state index in [0.29, 0.717) is 10.2 Å². The van der Waals surface area contributed by atoms with Gasteiger partial charge in [-0.1, -0.05) is 182 Å². The highest BCUT2D eigenvalue weighted by atomic mass is 32.1. The van der Waals surface area contributed by atoms with Gasteiger partial charge in [-0.2, -0.15) is 0 Å². The fourth-order valence-corrected chi connectivity index (χ4v) is 6.28. The van der Waals surface area contributed by atoms with E-state index >= 15 is 0 Å². The Morgan fingerprint density at radius 2 is 0.520 bits per heavy atom. The first-order valence-electron chi connectivity index (χ1n) is 16.9. The number of rotatable bonds is 10. The highest BCUT2D eigenvalue weighted by Gasteiger charge is 2.19. The van der Waals surface area contributed by atoms with Crippen molar-refractivity contribution in [3.8, 4) is 0 Å². The van der Waals surface area contributed by atoms with E-state index in [-0.39, 0.29) is 24.2 Å². The van der Waals surface area contributed by atoms with Gasteiger partial charge in [-0.3, -0.25) is 0 Å². The molecule has 50 heavy (non-hydrogen) atoms. The summed E-state index contributed by atoms with van der Waals surface area (Å²) in [5.74, 6) is 0. The minimum Gasteiger partial charge on any atom is -0.356 e. The second-order valence-electron chi connectivity index (χ2n) is 12.0. The van der Waals surface area contributed by atoms with E-state index in [1.807, 2.05) is 60.7 Å². The van der Waals surface area contributed by atoms with Gasteiger partial charge >= 0.3 is 0 Å². The quantitative estimate of drug-likeness (QED) is 0.107. The summed E-state index contributed by atoms with van der Waals surface area (Å²) in [6.07, 6.45) is 0. The van der Waals surface area contributed by atoms with Gasteiger partial charge in [0.05, 0.1) is 24.2 Å². The molecule has 252 valence electrons. The molecule has 0 saturated carbocycles. The molecule has 0 aliphatic heterocycles. The second kappa shape index (κ2) is 19.0. The average Bonchev–Trinajstić information content (AvgIpc) is 3.18. The van der Waals surface area contributed by atoms with Gasteiger partial charge in [-0.25, -0.2) is 0 Å². The summed E-state index contributed by atoms with van der Waals surface area (Å²) in [5.41, 5.74) is 7.13. The fourth-order valence-electron chi connectivity index (χ4n) is 5.69. The molecule has 4 N–H and O–H groups in total. The zero-order chi connectivity index (χ0) is 35.0. The van der Waals surface area contributed by atoms with Crippen LogP contribution in [0.15, 0.2) is 182 Å². The molecule has 0 aliphatic carbocycles. The van der Waals surface area contributed by atoms with Crippen LogP contribution in [0.1, 0.15) is 71.4 Å². The lowest BCUT2D eigenvalue weighted by Crippen LogP contribution is -2.40. The van der Waals surface area contributed by atoms with Crippen molar-refractivity contribution >= 4 is 34.7 Å². The van der Waals surface area contributed by atoms with Crippen LogP contribution in [0.5, 0.6) is 0 Å². The van der Waals surface area contributed by atoms with E-state index in [9.17, 15) is 0 Å². The molecule has 0 saturated heterocycles. The summed E-state index contributed by atoms with van der Waals surface area (Å²) in [5, 5.41) is 15.0. The topological polar surface area (TPSA) is 48.1 Å². The second-order valence-corrected chi connectivity index (χ2v) is 12.8. The van der Waals surface area contributed by atoms with Crippen LogP contribution in [0.4, 0.5) is 0 Å². The van der Waals surface area contributed by atoms with Crippen LogP contribution in [-0.2, 0) is 0 Å². The molecule has 0 radical (unpaired) electrons. The van der Waals surface area contributed by atoms with E-state index in [2.05, 4.69) is 156 Å². The summed E-state index contributed by atoms with van der Waals surface area (Å²) < 4.78 is 0. The monoisotopic (exact) mass is 692 g/mol. The Morgan fingerprint density at radius 1 is 0.320 bits per heavy atom. The summed E-state index contributed by atoms with van der Waals surface area (Å²) in [7, 11) is 0. The molecule has 0 aromatic heterocycles. The first-order valence-corrected chi connectivity index (χ1v) is 17.7. The van der Waals surface area contributed by atoms with Gasteiger partial charge in [0, 0.05) is 0 Å². The van der Waals surface area contributed by atoms with Crippen molar-refractivity contribution in [3.05, 3.63) is 215 Å². The SMILES string of the molecule is CC(NC(=S)NC(C)c1ccccc1)c1ccccc1.S=C(NC(c1ccccc1)c1ccccc1)NC(c1ccccc1)c1ccccc1. The Kier molecular flexibility index (Phi) is 13.7. The maximum atomic E-state index is 5.78. The summed E-state index contributed by atoms with van der Waals surface area (Å²) >= 11 is 11.2.